The minimum Gasteiger partial charge on any atom is -0.490 e. The van der Waals surface area contributed by atoms with E-state index in [2.05, 4.69) is 5.32 Å². The molecule has 3 heteroatoms. The number of rotatable bonds is 3. The van der Waals surface area contributed by atoms with E-state index in [4.69, 9.17) is 4.74 Å². The molecule has 1 atom stereocenters. The van der Waals surface area contributed by atoms with Gasteiger partial charge in [-0.05, 0) is 38.2 Å². The van der Waals surface area contributed by atoms with Gasteiger partial charge in [0.2, 0.25) is 0 Å². The third kappa shape index (κ3) is 1.87. The largest absolute Gasteiger partial charge is 0.490 e. The minimum atomic E-state index is -0.179. The minimum absolute atomic E-state index is 0.179. The van der Waals surface area contributed by atoms with E-state index in [1.165, 1.54) is 6.07 Å². The zero-order valence-electron chi connectivity index (χ0n) is 8.22. The van der Waals surface area contributed by atoms with E-state index >= 15 is 0 Å². The quantitative estimate of drug-likeness (QED) is 0.793. The molecule has 0 saturated carbocycles. The normalized spacial score (nSPS) is 19.1. The van der Waals surface area contributed by atoms with E-state index in [0.29, 0.717) is 0 Å². The Morgan fingerprint density at radius 1 is 1.57 bits per heavy atom. The van der Waals surface area contributed by atoms with Crippen molar-refractivity contribution in [2.24, 2.45) is 0 Å². The predicted molar refractivity (Wildman–Crippen MR) is 53.1 cm³/mol. The molecule has 0 spiro atoms. The van der Waals surface area contributed by atoms with Crippen molar-refractivity contribution < 1.29 is 9.13 Å². The molecule has 0 radical (unpaired) electrons. The number of halogens is 1. The number of nitrogens with one attached hydrogen (secondary N) is 1. The molecule has 0 aliphatic carbocycles. The molecule has 1 aliphatic rings. The summed E-state index contributed by atoms with van der Waals surface area (Å²) in [7, 11) is 1.92. The van der Waals surface area contributed by atoms with Crippen LogP contribution in [0, 0.1) is 5.82 Å². The van der Waals surface area contributed by atoms with Gasteiger partial charge in [0.05, 0.1) is 0 Å². The molecule has 1 aliphatic heterocycles. The van der Waals surface area contributed by atoms with Gasteiger partial charge in [0.15, 0.2) is 0 Å². The van der Waals surface area contributed by atoms with Gasteiger partial charge in [-0.1, -0.05) is 0 Å². The van der Waals surface area contributed by atoms with Crippen molar-refractivity contribution in [3.63, 3.8) is 0 Å². The molecular weight excluding hydrogens is 181 g/mol. The average molecular weight is 195 g/mol. The van der Waals surface area contributed by atoms with E-state index in [-0.39, 0.29) is 11.9 Å². The molecule has 1 unspecified atom stereocenters. The van der Waals surface area contributed by atoms with Gasteiger partial charge < -0.3 is 10.1 Å². The van der Waals surface area contributed by atoms with Crippen LogP contribution in [0.25, 0.3) is 0 Å². The summed E-state index contributed by atoms with van der Waals surface area (Å²) in [6, 6.07) is 4.72. The highest BCUT2D eigenvalue weighted by molar-refractivity contribution is 5.37. The molecule has 0 saturated heterocycles. The van der Waals surface area contributed by atoms with Crippen LogP contribution in [0.15, 0.2) is 18.2 Å². The fourth-order valence-electron chi connectivity index (χ4n) is 1.76. The van der Waals surface area contributed by atoms with Crippen molar-refractivity contribution in [1.82, 2.24) is 5.32 Å². The van der Waals surface area contributed by atoms with Crippen molar-refractivity contribution in [3.05, 3.63) is 29.6 Å². The van der Waals surface area contributed by atoms with Gasteiger partial charge in [-0.25, -0.2) is 4.39 Å². The van der Waals surface area contributed by atoms with Crippen LogP contribution >= 0.6 is 0 Å². The van der Waals surface area contributed by atoms with Gasteiger partial charge in [-0.3, -0.25) is 0 Å². The molecule has 1 N–H and O–H groups in total. The average Bonchev–Trinajstić information content (AvgIpc) is 2.56. The SMILES string of the molecule is CNCCC1Cc2cc(F)ccc2O1. The van der Waals surface area contributed by atoms with Crippen molar-refractivity contribution >= 4 is 0 Å². The predicted octanol–water partition coefficient (Wildman–Crippen LogP) is 1.74. The Morgan fingerprint density at radius 2 is 2.43 bits per heavy atom. The van der Waals surface area contributed by atoms with Crippen LogP contribution in [0.4, 0.5) is 4.39 Å². The van der Waals surface area contributed by atoms with E-state index < -0.39 is 0 Å². The Labute approximate surface area is 83.1 Å². The molecule has 0 fully saturated rings. The molecule has 0 amide bonds. The zero-order valence-corrected chi connectivity index (χ0v) is 8.22. The smallest absolute Gasteiger partial charge is 0.123 e. The van der Waals surface area contributed by atoms with Crippen molar-refractivity contribution in [3.8, 4) is 5.75 Å². The van der Waals surface area contributed by atoms with Gasteiger partial charge in [-0.15, -0.1) is 0 Å². The van der Waals surface area contributed by atoms with Crippen LogP contribution in [0.5, 0.6) is 5.75 Å². The first-order valence-electron chi connectivity index (χ1n) is 4.89. The molecule has 14 heavy (non-hydrogen) atoms. The summed E-state index contributed by atoms with van der Waals surface area (Å²) in [6.45, 7) is 0.932. The highest BCUT2D eigenvalue weighted by atomic mass is 19.1. The van der Waals surface area contributed by atoms with Gasteiger partial charge in [0.1, 0.15) is 17.7 Å². The van der Waals surface area contributed by atoms with E-state index in [1.54, 1.807) is 12.1 Å². The third-order valence-corrected chi connectivity index (χ3v) is 2.48. The lowest BCUT2D eigenvalue weighted by atomic mass is 10.1. The zero-order chi connectivity index (χ0) is 9.97. The van der Waals surface area contributed by atoms with E-state index in [9.17, 15) is 4.39 Å². The first-order chi connectivity index (χ1) is 6.79. The Morgan fingerprint density at radius 3 is 3.21 bits per heavy atom. The van der Waals surface area contributed by atoms with Gasteiger partial charge >= 0.3 is 0 Å². The lowest BCUT2D eigenvalue weighted by Crippen LogP contribution is -2.20. The molecule has 2 rings (SSSR count). The van der Waals surface area contributed by atoms with Gasteiger partial charge in [0.25, 0.3) is 0 Å². The van der Waals surface area contributed by atoms with Crippen LogP contribution in [0.1, 0.15) is 12.0 Å². The molecule has 0 bridgehead atoms. The Kier molecular flexibility index (Phi) is 2.68. The van der Waals surface area contributed by atoms with Gasteiger partial charge in [0, 0.05) is 12.0 Å². The fourth-order valence-corrected chi connectivity index (χ4v) is 1.76. The molecule has 76 valence electrons. The second kappa shape index (κ2) is 3.96. The fraction of sp³-hybridized carbons (Fsp3) is 0.455. The third-order valence-electron chi connectivity index (χ3n) is 2.48. The topological polar surface area (TPSA) is 21.3 Å². The maximum absolute atomic E-state index is 12.9. The van der Waals surface area contributed by atoms with Crippen LogP contribution in [-0.4, -0.2) is 19.7 Å². The first kappa shape index (κ1) is 9.46. The second-order valence-corrected chi connectivity index (χ2v) is 3.59. The first-order valence-corrected chi connectivity index (χ1v) is 4.89. The highest BCUT2D eigenvalue weighted by Gasteiger charge is 2.22. The summed E-state index contributed by atoms with van der Waals surface area (Å²) in [5.74, 6) is 0.661. The summed E-state index contributed by atoms with van der Waals surface area (Å²) >= 11 is 0. The number of fused-ring (bicyclic) bond motifs is 1. The summed E-state index contributed by atoms with van der Waals surface area (Å²) in [5.41, 5.74) is 0.992. The Hall–Kier alpha value is -1.09. The second-order valence-electron chi connectivity index (χ2n) is 3.59. The van der Waals surface area contributed by atoms with Crippen molar-refractivity contribution in [1.29, 1.82) is 0 Å². The van der Waals surface area contributed by atoms with E-state index in [0.717, 1.165) is 30.7 Å². The number of hydrogen-bond acceptors (Lipinski definition) is 2. The lowest BCUT2D eigenvalue weighted by molar-refractivity contribution is 0.221. The Balaban J connectivity index is 2.03. The highest BCUT2D eigenvalue weighted by Crippen LogP contribution is 2.30. The van der Waals surface area contributed by atoms with Crippen LogP contribution in [-0.2, 0) is 6.42 Å². The number of hydrogen-bond donors (Lipinski definition) is 1. The summed E-state index contributed by atoms with van der Waals surface area (Å²) in [4.78, 5) is 0. The number of benzene rings is 1. The van der Waals surface area contributed by atoms with Crippen molar-refractivity contribution in [2.45, 2.75) is 18.9 Å². The molecule has 2 nitrogen and oxygen atoms in total. The monoisotopic (exact) mass is 195 g/mol. The maximum Gasteiger partial charge on any atom is 0.123 e. The molecule has 1 aromatic rings. The summed E-state index contributed by atoms with van der Waals surface area (Å²) < 4.78 is 18.5. The molecule has 1 heterocycles. The Bertz CT molecular complexity index is 327. The lowest BCUT2D eigenvalue weighted by Gasteiger charge is -2.09. The van der Waals surface area contributed by atoms with Crippen LogP contribution in [0.2, 0.25) is 0 Å². The summed E-state index contributed by atoms with van der Waals surface area (Å²) in [5, 5.41) is 3.08. The summed E-state index contributed by atoms with van der Waals surface area (Å²) in [6.07, 6.45) is 2.00. The van der Waals surface area contributed by atoms with Gasteiger partial charge in [-0.2, -0.15) is 0 Å². The van der Waals surface area contributed by atoms with E-state index in [1.807, 2.05) is 7.05 Å². The standard InChI is InChI=1S/C11H14FNO/c1-13-5-4-10-7-8-6-9(12)2-3-11(8)14-10/h2-3,6,10,13H,4-5,7H2,1H3. The molecule has 0 aromatic heterocycles. The molecule has 1 aromatic carbocycles. The maximum atomic E-state index is 12.9. The molecular formula is C11H14FNO. The van der Waals surface area contributed by atoms with Crippen LogP contribution in [0.3, 0.4) is 0 Å². The van der Waals surface area contributed by atoms with Crippen molar-refractivity contribution in [2.75, 3.05) is 13.6 Å². The van der Waals surface area contributed by atoms with Crippen LogP contribution < -0.4 is 10.1 Å². The number of ether oxygens (including phenoxy) is 1.